The van der Waals surface area contributed by atoms with Crippen molar-refractivity contribution in [3.05, 3.63) is 23.8 Å². The van der Waals surface area contributed by atoms with Crippen molar-refractivity contribution in [1.29, 1.82) is 0 Å². The largest absolute Gasteiger partial charge is 0.450 e. The molecule has 0 spiro atoms. The van der Waals surface area contributed by atoms with E-state index < -0.39 is 37.5 Å². The summed E-state index contributed by atoms with van der Waals surface area (Å²) in [7, 11) is -7.71. The summed E-state index contributed by atoms with van der Waals surface area (Å²) < 4.78 is 59.3. The van der Waals surface area contributed by atoms with E-state index in [-0.39, 0.29) is 29.0 Å². The van der Waals surface area contributed by atoms with Gasteiger partial charge in [-0.1, -0.05) is 0 Å². The normalized spacial score (nSPS) is 21.1. The Morgan fingerprint density at radius 2 is 1.88 bits per heavy atom. The van der Waals surface area contributed by atoms with E-state index in [9.17, 15) is 26.4 Å². The first kappa shape index (κ1) is 24.5. The number of carbonyl (C=O) groups excluding carboxylic acids is 2. The topological polar surface area (TPSA) is 130 Å². The quantitative estimate of drug-likeness (QED) is 0.667. The van der Waals surface area contributed by atoms with Crippen LogP contribution >= 0.6 is 0 Å². The van der Waals surface area contributed by atoms with E-state index in [2.05, 4.69) is 4.72 Å². The Bertz CT molecular complexity index is 1120. The fourth-order valence-corrected chi connectivity index (χ4v) is 7.63. The van der Waals surface area contributed by atoms with Gasteiger partial charge in [0.25, 0.3) is 0 Å². The summed E-state index contributed by atoms with van der Waals surface area (Å²) in [5.41, 5.74) is -0.594. The number of aryl methyl sites for hydroxylation is 1. The Morgan fingerprint density at radius 3 is 2.38 bits per heavy atom. The minimum atomic E-state index is -3.88. The standard InChI is InChI=1S/C20H29N3O7S2/c1-5-30-19(25)22-10-8-15(9-11-22)21-32(28,29)17-7-6-16(12-14(17)2)23-18(24)20(3,4)13-31(23,26)27/h6-7,12,15,21H,5,8-11,13H2,1-4H3. The Kier molecular flexibility index (Phi) is 6.60. The van der Waals surface area contributed by atoms with Gasteiger partial charge in [-0.2, -0.15) is 0 Å². The lowest BCUT2D eigenvalue weighted by molar-refractivity contribution is -0.123. The highest BCUT2D eigenvalue weighted by Gasteiger charge is 2.50. The number of amides is 2. The van der Waals surface area contributed by atoms with Crippen molar-refractivity contribution in [2.75, 3.05) is 29.8 Å². The predicted octanol–water partition coefficient (Wildman–Crippen LogP) is 1.60. The van der Waals surface area contributed by atoms with Gasteiger partial charge in [0.15, 0.2) is 0 Å². The molecule has 2 saturated heterocycles. The van der Waals surface area contributed by atoms with E-state index in [1.165, 1.54) is 18.2 Å². The number of likely N-dealkylation sites (tertiary alicyclic amines) is 1. The first-order valence-electron chi connectivity index (χ1n) is 10.4. The minimum Gasteiger partial charge on any atom is -0.450 e. The summed E-state index contributed by atoms with van der Waals surface area (Å²) in [5, 5.41) is 0. The number of piperidine rings is 1. The van der Waals surface area contributed by atoms with Crippen LogP contribution in [0.4, 0.5) is 10.5 Å². The fourth-order valence-electron chi connectivity index (χ4n) is 4.00. The highest BCUT2D eigenvalue weighted by atomic mass is 32.2. The molecule has 1 aromatic rings. The van der Waals surface area contributed by atoms with Gasteiger partial charge >= 0.3 is 6.09 Å². The zero-order valence-electron chi connectivity index (χ0n) is 18.6. The summed E-state index contributed by atoms with van der Waals surface area (Å²) in [6, 6.07) is 3.71. The summed E-state index contributed by atoms with van der Waals surface area (Å²) in [4.78, 5) is 26.0. The van der Waals surface area contributed by atoms with Crippen LogP contribution in [0.3, 0.4) is 0 Å². The number of benzene rings is 1. The van der Waals surface area contributed by atoms with E-state index in [0.717, 1.165) is 4.31 Å². The first-order valence-corrected chi connectivity index (χ1v) is 13.5. The number of hydrogen-bond acceptors (Lipinski definition) is 7. The first-order chi connectivity index (χ1) is 14.8. The lowest BCUT2D eigenvalue weighted by atomic mass is 9.95. The smallest absolute Gasteiger partial charge is 0.409 e. The van der Waals surface area contributed by atoms with Gasteiger partial charge in [-0.3, -0.25) is 4.79 Å². The molecule has 1 N–H and O–H groups in total. The lowest BCUT2D eigenvalue weighted by Crippen LogP contribution is -2.46. The van der Waals surface area contributed by atoms with Crippen molar-refractivity contribution in [2.24, 2.45) is 5.41 Å². The molecule has 2 heterocycles. The lowest BCUT2D eigenvalue weighted by Gasteiger charge is -2.31. The van der Waals surface area contributed by atoms with Crippen LogP contribution in [0.5, 0.6) is 0 Å². The van der Waals surface area contributed by atoms with Crippen molar-refractivity contribution in [3.63, 3.8) is 0 Å². The van der Waals surface area contributed by atoms with Gasteiger partial charge in [0.05, 0.1) is 28.4 Å². The molecule has 0 unspecified atom stereocenters. The molecule has 0 atom stereocenters. The Morgan fingerprint density at radius 1 is 1.25 bits per heavy atom. The summed E-state index contributed by atoms with van der Waals surface area (Å²) >= 11 is 0. The fraction of sp³-hybridized carbons (Fsp3) is 0.600. The van der Waals surface area contributed by atoms with E-state index in [0.29, 0.717) is 31.5 Å². The average molecular weight is 488 g/mol. The second kappa shape index (κ2) is 8.64. The average Bonchev–Trinajstić information content (AvgIpc) is 2.84. The summed E-state index contributed by atoms with van der Waals surface area (Å²) in [5.74, 6) is -0.844. The molecule has 12 heteroatoms. The summed E-state index contributed by atoms with van der Waals surface area (Å²) in [6.07, 6.45) is 0.491. The molecule has 2 fully saturated rings. The highest BCUT2D eigenvalue weighted by Crippen LogP contribution is 2.36. The predicted molar refractivity (Wildman–Crippen MR) is 118 cm³/mol. The third-order valence-electron chi connectivity index (χ3n) is 5.61. The van der Waals surface area contributed by atoms with Crippen LogP contribution in [-0.2, 0) is 29.6 Å². The third-order valence-corrected chi connectivity index (χ3v) is 9.31. The molecule has 2 aliphatic rings. The minimum absolute atomic E-state index is 0.0115. The van der Waals surface area contributed by atoms with Crippen LogP contribution in [-0.4, -0.2) is 65.2 Å². The van der Waals surface area contributed by atoms with Crippen LogP contribution < -0.4 is 9.03 Å². The monoisotopic (exact) mass is 487 g/mol. The number of nitrogens with one attached hydrogen (secondary N) is 1. The van der Waals surface area contributed by atoms with Gasteiger partial charge in [-0.15, -0.1) is 0 Å². The van der Waals surface area contributed by atoms with Crippen molar-refractivity contribution in [3.8, 4) is 0 Å². The van der Waals surface area contributed by atoms with Crippen molar-refractivity contribution < 1.29 is 31.2 Å². The second-order valence-electron chi connectivity index (χ2n) is 8.74. The van der Waals surface area contributed by atoms with Gasteiger partial charge < -0.3 is 9.64 Å². The van der Waals surface area contributed by atoms with E-state index in [1.54, 1.807) is 32.6 Å². The van der Waals surface area contributed by atoms with Crippen LogP contribution in [0, 0.1) is 12.3 Å². The van der Waals surface area contributed by atoms with Gasteiger partial charge in [-0.25, -0.2) is 30.7 Å². The van der Waals surface area contributed by atoms with Crippen LogP contribution in [0.2, 0.25) is 0 Å². The van der Waals surface area contributed by atoms with Crippen molar-refractivity contribution >= 4 is 37.7 Å². The molecule has 1 aromatic carbocycles. The molecule has 0 radical (unpaired) electrons. The maximum Gasteiger partial charge on any atom is 0.409 e. The molecule has 0 bridgehead atoms. The molecule has 2 amide bonds. The maximum absolute atomic E-state index is 13.0. The molecule has 2 aliphatic heterocycles. The molecule has 10 nitrogen and oxygen atoms in total. The number of rotatable bonds is 5. The zero-order valence-corrected chi connectivity index (χ0v) is 20.3. The zero-order chi connectivity index (χ0) is 23.9. The second-order valence-corrected chi connectivity index (χ2v) is 12.2. The van der Waals surface area contributed by atoms with E-state index in [1.807, 2.05) is 0 Å². The molecular weight excluding hydrogens is 458 g/mol. The highest BCUT2D eigenvalue weighted by molar-refractivity contribution is 7.94. The van der Waals surface area contributed by atoms with Crippen molar-refractivity contribution in [1.82, 2.24) is 9.62 Å². The molecular formula is C20H29N3O7S2. The molecule has 3 rings (SSSR count). The van der Waals surface area contributed by atoms with E-state index in [4.69, 9.17) is 4.74 Å². The van der Waals surface area contributed by atoms with Gasteiger partial charge in [0.2, 0.25) is 26.0 Å². The number of anilines is 1. The van der Waals surface area contributed by atoms with Crippen LogP contribution in [0.1, 0.15) is 39.2 Å². The Balaban J connectivity index is 1.75. The summed E-state index contributed by atoms with van der Waals surface area (Å²) in [6.45, 7) is 7.46. The number of sulfonamides is 2. The number of hydrogen-bond donors (Lipinski definition) is 1. The molecule has 0 aromatic heterocycles. The Labute approximate surface area is 189 Å². The van der Waals surface area contributed by atoms with Crippen molar-refractivity contribution in [2.45, 2.75) is 51.5 Å². The Hall–Kier alpha value is -2.18. The van der Waals surface area contributed by atoms with Gasteiger partial charge in [0.1, 0.15) is 0 Å². The third kappa shape index (κ3) is 4.76. The SMILES string of the molecule is CCOC(=O)N1CCC(NS(=O)(=O)c2ccc(N3C(=O)C(C)(C)CS3(=O)=O)cc2C)CC1. The maximum atomic E-state index is 13.0. The van der Waals surface area contributed by atoms with Gasteiger partial charge in [0, 0.05) is 19.1 Å². The number of carbonyl (C=O) groups is 2. The van der Waals surface area contributed by atoms with Gasteiger partial charge in [-0.05, 0) is 64.3 Å². The van der Waals surface area contributed by atoms with Crippen LogP contribution in [0.25, 0.3) is 0 Å². The molecule has 178 valence electrons. The molecule has 32 heavy (non-hydrogen) atoms. The number of nitrogens with zero attached hydrogens (tertiary/aromatic N) is 2. The molecule has 0 aliphatic carbocycles. The van der Waals surface area contributed by atoms with E-state index >= 15 is 0 Å². The number of ether oxygens (including phenoxy) is 1. The van der Waals surface area contributed by atoms with Crippen LogP contribution in [0.15, 0.2) is 23.1 Å². The molecule has 0 saturated carbocycles.